The van der Waals surface area contributed by atoms with Crippen LogP contribution in [-0.2, 0) is 9.59 Å². The Balaban J connectivity index is 0.000000506. The molecule has 0 aliphatic rings. The topological polar surface area (TPSA) is 138 Å². The number of aromatic carboxylic acids is 2. The molecule has 0 spiro atoms. The van der Waals surface area contributed by atoms with Crippen molar-refractivity contribution in [3.8, 4) is 0 Å². The van der Waals surface area contributed by atoms with Gasteiger partial charge in [0.15, 0.2) is 0 Å². The molecule has 2 amide bonds. The first-order valence-electron chi connectivity index (χ1n) is 11.5. The van der Waals surface area contributed by atoms with E-state index < -0.39 is 11.9 Å². The summed E-state index contributed by atoms with van der Waals surface area (Å²) >= 11 is 0.149. The Morgan fingerprint density at radius 3 is 1.20 bits per heavy atom. The van der Waals surface area contributed by atoms with Crippen molar-refractivity contribution < 1.29 is 29.4 Å². The summed E-state index contributed by atoms with van der Waals surface area (Å²) in [6, 6.07) is 11.5. The van der Waals surface area contributed by atoms with Gasteiger partial charge in [-0.2, -0.15) is 0 Å². The second-order valence-corrected chi connectivity index (χ2v) is 11.8. The molecule has 0 unspecified atom stereocenters. The normalized spacial score (nSPS) is 9.26. The molecule has 0 aromatic heterocycles. The number of carboxylic acid groups (broad SMARTS) is 2. The molecule has 0 fully saturated rings. The SMILES string of the molecule is CC(=O)Nc1ccc(C(=O)[O-])cc1.CC(=O)Nc1ccc(C(=O)[O-])cc1.CCC[CH2][Sn+2][CH2]CCC. The molecule has 2 N–H and O–H groups in total. The van der Waals surface area contributed by atoms with E-state index in [9.17, 15) is 29.4 Å². The molecule has 35 heavy (non-hydrogen) atoms. The molecule has 0 radical (unpaired) electrons. The second-order valence-electron chi connectivity index (χ2n) is 7.55. The number of amides is 2. The van der Waals surface area contributed by atoms with Crippen LogP contribution in [0.1, 0.15) is 74.1 Å². The third kappa shape index (κ3) is 17.2. The molecule has 2 aromatic carbocycles. The van der Waals surface area contributed by atoms with Crippen LogP contribution < -0.4 is 20.8 Å². The first-order valence-corrected chi connectivity index (χ1v) is 15.5. The Morgan fingerprint density at radius 2 is 0.971 bits per heavy atom. The molecule has 0 atom stereocenters. The van der Waals surface area contributed by atoms with Crippen molar-refractivity contribution in [1.29, 1.82) is 0 Å². The number of hydrogen-bond donors (Lipinski definition) is 2. The van der Waals surface area contributed by atoms with Gasteiger partial charge in [-0.3, -0.25) is 9.59 Å². The minimum atomic E-state index is -1.23. The summed E-state index contributed by atoms with van der Waals surface area (Å²) in [7, 11) is 0. The van der Waals surface area contributed by atoms with Crippen LogP contribution in [0.4, 0.5) is 11.4 Å². The van der Waals surface area contributed by atoms with E-state index in [1.165, 1.54) is 88.1 Å². The van der Waals surface area contributed by atoms with E-state index in [0.717, 1.165) is 0 Å². The number of rotatable bonds is 10. The van der Waals surface area contributed by atoms with Gasteiger partial charge in [0.1, 0.15) is 0 Å². The maximum absolute atomic E-state index is 10.6. The summed E-state index contributed by atoms with van der Waals surface area (Å²) < 4.78 is 3.25. The zero-order chi connectivity index (χ0) is 26.6. The first kappa shape index (κ1) is 32.1. The Labute approximate surface area is 217 Å². The molecule has 9 heteroatoms. The van der Waals surface area contributed by atoms with Crippen molar-refractivity contribution in [1.82, 2.24) is 0 Å². The number of nitrogens with one attached hydrogen (secondary N) is 2. The summed E-state index contributed by atoms with van der Waals surface area (Å²) in [6.07, 6.45) is 5.84. The third-order valence-corrected chi connectivity index (χ3v) is 8.33. The molecule has 8 nitrogen and oxygen atoms in total. The average molecular weight is 589 g/mol. The van der Waals surface area contributed by atoms with Crippen molar-refractivity contribution in [2.75, 3.05) is 10.6 Å². The predicted octanol–water partition coefficient (Wildman–Crippen LogP) is 3.14. The minimum absolute atomic E-state index is 0.0918. The Bertz CT molecular complexity index is 839. The van der Waals surface area contributed by atoms with Gasteiger partial charge in [-0.25, -0.2) is 0 Å². The first-order chi connectivity index (χ1) is 16.6. The van der Waals surface area contributed by atoms with E-state index in [1.54, 1.807) is 8.87 Å². The molecule has 0 bridgehead atoms. The summed E-state index contributed by atoms with van der Waals surface area (Å²) in [4.78, 5) is 41.9. The number of carboxylic acids is 2. The third-order valence-electron chi connectivity index (χ3n) is 4.30. The van der Waals surface area contributed by atoms with Crippen LogP contribution in [0.3, 0.4) is 0 Å². The van der Waals surface area contributed by atoms with Crippen LogP contribution in [-0.4, -0.2) is 44.9 Å². The van der Waals surface area contributed by atoms with E-state index in [0.29, 0.717) is 11.4 Å². The van der Waals surface area contributed by atoms with Crippen LogP contribution in [0.25, 0.3) is 0 Å². The molecular formula is C26H34N2O6Sn. The fraction of sp³-hybridized carbons (Fsp3) is 0.385. The summed E-state index contributed by atoms with van der Waals surface area (Å²) in [5.41, 5.74) is 1.32. The van der Waals surface area contributed by atoms with E-state index in [4.69, 9.17) is 0 Å². The molecule has 0 aliphatic carbocycles. The molecule has 2 rings (SSSR count). The van der Waals surface area contributed by atoms with Crippen molar-refractivity contribution in [3.05, 3.63) is 59.7 Å². The molecular weight excluding hydrogens is 555 g/mol. The maximum atomic E-state index is 10.6. The van der Waals surface area contributed by atoms with E-state index in [2.05, 4.69) is 24.5 Å². The van der Waals surface area contributed by atoms with Crippen LogP contribution in [0.5, 0.6) is 0 Å². The predicted molar refractivity (Wildman–Crippen MR) is 135 cm³/mol. The fourth-order valence-electron chi connectivity index (χ4n) is 2.51. The van der Waals surface area contributed by atoms with Gasteiger partial charge >= 0.3 is 69.5 Å². The molecule has 2 aromatic rings. The van der Waals surface area contributed by atoms with E-state index in [-0.39, 0.29) is 44.1 Å². The summed E-state index contributed by atoms with van der Waals surface area (Å²) in [5, 5.41) is 25.7. The molecule has 0 saturated heterocycles. The van der Waals surface area contributed by atoms with Gasteiger partial charge in [0.05, 0.1) is 11.9 Å². The van der Waals surface area contributed by atoms with Crippen LogP contribution in [0.2, 0.25) is 8.87 Å². The van der Waals surface area contributed by atoms with Crippen molar-refractivity contribution in [3.63, 3.8) is 0 Å². The van der Waals surface area contributed by atoms with Crippen LogP contribution in [0, 0.1) is 0 Å². The number of anilines is 2. The van der Waals surface area contributed by atoms with Crippen molar-refractivity contribution in [2.24, 2.45) is 0 Å². The van der Waals surface area contributed by atoms with E-state index in [1.807, 2.05) is 0 Å². The number of unbranched alkanes of at least 4 members (excludes halogenated alkanes) is 2. The van der Waals surface area contributed by atoms with Gasteiger partial charge < -0.3 is 30.4 Å². The van der Waals surface area contributed by atoms with Gasteiger partial charge in [-0.05, 0) is 35.4 Å². The quantitative estimate of drug-likeness (QED) is 0.323. The van der Waals surface area contributed by atoms with Gasteiger partial charge in [0.25, 0.3) is 0 Å². The Hall–Kier alpha value is -2.88. The second kappa shape index (κ2) is 19.4. The molecule has 188 valence electrons. The zero-order valence-electron chi connectivity index (χ0n) is 20.8. The monoisotopic (exact) mass is 590 g/mol. The molecule has 0 aliphatic heterocycles. The van der Waals surface area contributed by atoms with Gasteiger partial charge in [-0.15, -0.1) is 0 Å². The van der Waals surface area contributed by atoms with Crippen molar-refractivity contribution >= 4 is 56.3 Å². The fourth-order valence-corrected chi connectivity index (χ4v) is 6.67. The number of benzene rings is 2. The Morgan fingerprint density at radius 1 is 0.657 bits per heavy atom. The van der Waals surface area contributed by atoms with Gasteiger partial charge in [0.2, 0.25) is 11.8 Å². The zero-order valence-corrected chi connectivity index (χ0v) is 23.7. The van der Waals surface area contributed by atoms with Crippen LogP contribution in [0.15, 0.2) is 48.5 Å². The molecule has 0 saturated carbocycles. The standard InChI is InChI=1S/2C9H9NO3.2C4H9.Sn/c2*1-6(11)10-8-4-2-7(3-5-8)9(12)13;2*1-3-4-2;/h2*2-5H,1H3,(H,10,11)(H,12,13);2*1,3-4H2,2H3;/q;;;;+2/p-2. The molecule has 0 heterocycles. The number of carbonyl (C=O) groups is 4. The summed E-state index contributed by atoms with van der Waals surface area (Å²) in [6.45, 7) is 7.35. The van der Waals surface area contributed by atoms with Crippen LogP contribution >= 0.6 is 0 Å². The van der Waals surface area contributed by atoms with Crippen molar-refractivity contribution in [2.45, 2.75) is 62.3 Å². The van der Waals surface area contributed by atoms with Gasteiger partial charge in [-0.1, -0.05) is 24.3 Å². The Kier molecular flexibility index (Phi) is 17.8. The van der Waals surface area contributed by atoms with E-state index >= 15 is 0 Å². The average Bonchev–Trinajstić information content (AvgIpc) is 2.80. The van der Waals surface area contributed by atoms with Gasteiger partial charge in [0, 0.05) is 25.2 Å². The summed E-state index contributed by atoms with van der Waals surface area (Å²) in [5.74, 6) is -2.84. The number of hydrogen-bond acceptors (Lipinski definition) is 6. The number of carbonyl (C=O) groups excluding carboxylic acids is 4.